The van der Waals surface area contributed by atoms with E-state index in [4.69, 9.17) is 4.74 Å². The third kappa shape index (κ3) is 5.07. The average Bonchev–Trinajstić information content (AvgIpc) is 2.46. The monoisotopic (exact) mass is 312 g/mol. The Hall–Kier alpha value is -0.950. The molecular weight excluding hydrogens is 288 g/mol. The maximum atomic E-state index is 12.2. The van der Waals surface area contributed by atoms with Gasteiger partial charge in [-0.2, -0.15) is 0 Å². The topological polar surface area (TPSA) is 67.4 Å². The van der Waals surface area contributed by atoms with Crippen molar-refractivity contribution in [2.75, 3.05) is 26.2 Å². The van der Waals surface area contributed by atoms with Gasteiger partial charge in [0.05, 0.1) is 17.6 Å². The van der Waals surface area contributed by atoms with Crippen LogP contribution in [0.2, 0.25) is 0 Å². The molecule has 1 unspecified atom stereocenters. The van der Waals surface area contributed by atoms with Gasteiger partial charge < -0.3 is 10.1 Å². The maximum Gasteiger partial charge on any atom is 0.240 e. The van der Waals surface area contributed by atoms with Crippen LogP contribution >= 0.6 is 0 Å². The van der Waals surface area contributed by atoms with Crippen LogP contribution in [0.4, 0.5) is 0 Å². The first kappa shape index (κ1) is 16.4. The van der Waals surface area contributed by atoms with Crippen LogP contribution in [0.1, 0.15) is 19.4 Å². The predicted octanol–water partition coefficient (Wildman–Crippen LogP) is 1.15. The maximum absolute atomic E-state index is 12.2. The van der Waals surface area contributed by atoms with E-state index in [2.05, 4.69) is 23.9 Å². The lowest BCUT2D eigenvalue weighted by molar-refractivity contribution is 0.0324. The number of nitrogens with one attached hydrogen (secondary N) is 2. The van der Waals surface area contributed by atoms with Crippen molar-refractivity contribution < 1.29 is 13.2 Å². The van der Waals surface area contributed by atoms with Crippen molar-refractivity contribution in [2.45, 2.75) is 31.3 Å². The molecule has 1 aromatic carbocycles. The fourth-order valence-corrected chi connectivity index (χ4v) is 3.38. The summed E-state index contributed by atoms with van der Waals surface area (Å²) in [4.78, 5) is 0.304. The second kappa shape index (κ2) is 7.35. The molecule has 1 aliphatic rings. The Morgan fingerprint density at radius 2 is 2.05 bits per heavy atom. The lowest BCUT2D eigenvalue weighted by Gasteiger charge is -2.23. The fraction of sp³-hybridized carbons (Fsp3) is 0.600. The van der Waals surface area contributed by atoms with Crippen molar-refractivity contribution in [3.05, 3.63) is 29.8 Å². The second-order valence-electron chi connectivity index (χ2n) is 5.79. The Kier molecular flexibility index (Phi) is 5.75. The number of ether oxygens (including phenoxy) is 1. The summed E-state index contributed by atoms with van der Waals surface area (Å²) in [7, 11) is -3.46. The van der Waals surface area contributed by atoms with Gasteiger partial charge in [-0.15, -0.1) is 0 Å². The lowest BCUT2D eigenvalue weighted by atomic mass is 10.0. The average molecular weight is 312 g/mol. The molecule has 1 fully saturated rings. The van der Waals surface area contributed by atoms with Crippen LogP contribution in [0.25, 0.3) is 0 Å². The van der Waals surface area contributed by atoms with Crippen molar-refractivity contribution in [3.63, 3.8) is 0 Å². The molecule has 0 aliphatic carbocycles. The van der Waals surface area contributed by atoms with Gasteiger partial charge in [0.15, 0.2) is 0 Å². The van der Waals surface area contributed by atoms with E-state index in [1.54, 1.807) is 12.1 Å². The molecule has 0 saturated carbocycles. The molecule has 1 aliphatic heterocycles. The van der Waals surface area contributed by atoms with E-state index in [-0.39, 0.29) is 6.10 Å². The van der Waals surface area contributed by atoms with E-state index in [0.29, 0.717) is 30.5 Å². The van der Waals surface area contributed by atoms with Gasteiger partial charge in [0.1, 0.15) is 0 Å². The van der Waals surface area contributed by atoms with E-state index >= 15 is 0 Å². The standard InChI is InChI=1S/C15H24N2O3S/c1-12(2)9-13-3-5-15(6-4-13)21(18,19)17-11-14-10-16-7-8-20-14/h3-6,12,14,16-17H,7-11H2,1-2H3. The molecule has 2 N–H and O–H groups in total. The van der Waals surface area contributed by atoms with Gasteiger partial charge >= 0.3 is 0 Å². The normalized spacial score (nSPS) is 19.9. The van der Waals surface area contributed by atoms with Gasteiger partial charge in [-0.1, -0.05) is 26.0 Å². The smallest absolute Gasteiger partial charge is 0.240 e. The molecule has 0 amide bonds. The van der Waals surface area contributed by atoms with Crippen molar-refractivity contribution in [2.24, 2.45) is 5.92 Å². The fourth-order valence-electron chi connectivity index (χ4n) is 2.31. The Morgan fingerprint density at radius 3 is 2.62 bits per heavy atom. The third-order valence-electron chi connectivity index (χ3n) is 3.38. The van der Waals surface area contributed by atoms with E-state index < -0.39 is 10.0 Å². The molecule has 118 valence electrons. The third-order valence-corrected chi connectivity index (χ3v) is 4.82. The number of hydrogen-bond donors (Lipinski definition) is 2. The van der Waals surface area contributed by atoms with Gasteiger partial charge in [0, 0.05) is 19.6 Å². The van der Waals surface area contributed by atoms with Crippen molar-refractivity contribution in [1.29, 1.82) is 0 Å². The summed E-state index contributed by atoms with van der Waals surface area (Å²) >= 11 is 0. The first-order valence-electron chi connectivity index (χ1n) is 7.38. The van der Waals surface area contributed by atoms with E-state index in [1.165, 1.54) is 0 Å². The molecule has 0 bridgehead atoms. The summed E-state index contributed by atoms with van der Waals surface area (Å²) in [6.07, 6.45) is 0.851. The zero-order valence-corrected chi connectivity index (χ0v) is 13.4. The number of hydrogen-bond acceptors (Lipinski definition) is 4. The molecule has 1 heterocycles. The minimum atomic E-state index is -3.46. The number of benzene rings is 1. The summed E-state index contributed by atoms with van der Waals surface area (Å²) in [6, 6.07) is 7.10. The van der Waals surface area contributed by atoms with Crippen LogP contribution in [0.3, 0.4) is 0 Å². The van der Waals surface area contributed by atoms with Crippen LogP contribution in [0.15, 0.2) is 29.2 Å². The first-order chi connectivity index (χ1) is 9.97. The zero-order chi connectivity index (χ0) is 15.3. The van der Waals surface area contributed by atoms with E-state index in [9.17, 15) is 8.42 Å². The first-order valence-corrected chi connectivity index (χ1v) is 8.86. The molecule has 2 rings (SSSR count). The van der Waals surface area contributed by atoms with Gasteiger partial charge in [0.2, 0.25) is 10.0 Å². The quantitative estimate of drug-likeness (QED) is 0.827. The molecule has 0 aromatic heterocycles. The highest BCUT2D eigenvalue weighted by Gasteiger charge is 2.19. The van der Waals surface area contributed by atoms with Gasteiger partial charge in [-0.05, 0) is 30.0 Å². The highest BCUT2D eigenvalue weighted by atomic mass is 32.2. The van der Waals surface area contributed by atoms with Gasteiger partial charge in [-0.25, -0.2) is 13.1 Å². The molecule has 0 spiro atoms. The Morgan fingerprint density at radius 1 is 1.33 bits per heavy atom. The molecule has 6 heteroatoms. The minimum Gasteiger partial charge on any atom is -0.374 e. The van der Waals surface area contributed by atoms with Crippen LogP contribution < -0.4 is 10.0 Å². The molecule has 1 aromatic rings. The molecule has 21 heavy (non-hydrogen) atoms. The lowest BCUT2D eigenvalue weighted by Crippen LogP contribution is -2.45. The van der Waals surface area contributed by atoms with Crippen LogP contribution in [0.5, 0.6) is 0 Å². The molecule has 1 saturated heterocycles. The van der Waals surface area contributed by atoms with Crippen LogP contribution in [-0.4, -0.2) is 40.8 Å². The van der Waals surface area contributed by atoms with E-state index in [0.717, 1.165) is 18.5 Å². The number of morpholine rings is 1. The SMILES string of the molecule is CC(C)Cc1ccc(S(=O)(=O)NCC2CNCCO2)cc1. The van der Waals surface area contributed by atoms with Crippen LogP contribution in [0, 0.1) is 5.92 Å². The van der Waals surface area contributed by atoms with Gasteiger partial charge in [-0.3, -0.25) is 0 Å². The summed E-state index contributed by atoms with van der Waals surface area (Å²) in [5.41, 5.74) is 1.16. The predicted molar refractivity (Wildman–Crippen MR) is 82.8 cm³/mol. The van der Waals surface area contributed by atoms with Crippen molar-refractivity contribution in [3.8, 4) is 0 Å². The summed E-state index contributed by atoms with van der Waals surface area (Å²) in [5, 5.41) is 3.18. The Labute approximate surface area is 127 Å². The zero-order valence-electron chi connectivity index (χ0n) is 12.6. The minimum absolute atomic E-state index is 0.103. The largest absolute Gasteiger partial charge is 0.374 e. The summed E-state index contributed by atoms with van der Waals surface area (Å²) in [5.74, 6) is 0.557. The summed E-state index contributed by atoms with van der Waals surface area (Å²) < 4.78 is 32.5. The van der Waals surface area contributed by atoms with E-state index in [1.807, 2.05) is 12.1 Å². The molecule has 5 nitrogen and oxygen atoms in total. The van der Waals surface area contributed by atoms with Crippen molar-refractivity contribution >= 4 is 10.0 Å². The highest BCUT2D eigenvalue weighted by Crippen LogP contribution is 2.13. The Balaban J connectivity index is 1.95. The van der Waals surface area contributed by atoms with Gasteiger partial charge in [0.25, 0.3) is 0 Å². The second-order valence-corrected chi connectivity index (χ2v) is 7.56. The highest BCUT2D eigenvalue weighted by molar-refractivity contribution is 7.89. The molecule has 1 atom stereocenters. The number of sulfonamides is 1. The molecule has 0 radical (unpaired) electrons. The molecular formula is C15H24N2O3S. The summed E-state index contributed by atoms with van der Waals surface area (Å²) in [6.45, 7) is 6.70. The van der Waals surface area contributed by atoms with Crippen molar-refractivity contribution in [1.82, 2.24) is 10.0 Å². The Bertz CT molecular complexity index is 535. The number of rotatable bonds is 6. The van der Waals surface area contributed by atoms with Crippen LogP contribution in [-0.2, 0) is 21.2 Å².